The number of hydrogen-bond acceptors (Lipinski definition) is 3. The van der Waals surface area contributed by atoms with Gasteiger partial charge >= 0.3 is 0 Å². The molecule has 0 aromatic carbocycles. The van der Waals surface area contributed by atoms with Crippen molar-refractivity contribution in [1.82, 2.24) is 10.2 Å². The van der Waals surface area contributed by atoms with Gasteiger partial charge in [-0.1, -0.05) is 13.3 Å². The molecule has 1 heterocycles. The zero-order valence-corrected chi connectivity index (χ0v) is 12.2. The SMILES string of the molecule is CCNC1CCCC1CCN(C)CC1CCCO1. The summed E-state index contributed by atoms with van der Waals surface area (Å²) in [6.07, 6.45) is 8.58. The standard InChI is InChI=1S/C15H30N2O/c1-3-16-15-8-4-6-13(15)9-10-17(2)12-14-7-5-11-18-14/h13-16H,3-12H2,1-2H3. The normalized spacial score (nSPS) is 32.5. The minimum atomic E-state index is 0.503. The molecule has 1 saturated heterocycles. The Bertz CT molecular complexity index is 229. The van der Waals surface area contributed by atoms with Gasteiger partial charge in [-0.25, -0.2) is 0 Å². The Morgan fingerprint density at radius 2 is 2.11 bits per heavy atom. The van der Waals surface area contributed by atoms with Crippen LogP contribution in [0.5, 0.6) is 0 Å². The van der Waals surface area contributed by atoms with Crippen molar-refractivity contribution >= 4 is 0 Å². The number of hydrogen-bond donors (Lipinski definition) is 1. The first-order valence-corrected chi connectivity index (χ1v) is 7.83. The van der Waals surface area contributed by atoms with Crippen LogP contribution < -0.4 is 5.32 Å². The Kier molecular flexibility index (Phi) is 5.93. The maximum Gasteiger partial charge on any atom is 0.0702 e. The van der Waals surface area contributed by atoms with Crippen molar-refractivity contribution in [3.63, 3.8) is 0 Å². The van der Waals surface area contributed by atoms with Crippen LogP contribution in [-0.4, -0.2) is 50.3 Å². The van der Waals surface area contributed by atoms with Gasteiger partial charge in [0.25, 0.3) is 0 Å². The highest BCUT2D eigenvalue weighted by atomic mass is 16.5. The number of nitrogens with one attached hydrogen (secondary N) is 1. The lowest BCUT2D eigenvalue weighted by Crippen LogP contribution is -2.35. The average Bonchev–Trinajstić information content (AvgIpc) is 2.99. The molecule has 2 rings (SSSR count). The van der Waals surface area contributed by atoms with E-state index in [4.69, 9.17) is 4.74 Å². The van der Waals surface area contributed by atoms with Crippen LogP contribution in [0.1, 0.15) is 45.4 Å². The molecule has 1 saturated carbocycles. The highest BCUT2D eigenvalue weighted by Crippen LogP contribution is 2.28. The van der Waals surface area contributed by atoms with Gasteiger partial charge in [-0.2, -0.15) is 0 Å². The third kappa shape index (κ3) is 4.22. The van der Waals surface area contributed by atoms with Gasteiger partial charge in [0.05, 0.1) is 6.10 Å². The Hall–Kier alpha value is -0.120. The van der Waals surface area contributed by atoms with E-state index >= 15 is 0 Å². The molecule has 1 aliphatic carbocycles. The lowest BCUT2D eigenvalue weighted by molar-refractivity contribution is 0.0793. The molecule has 106 valence electrons. The van der Waals surface area contributed by atoms with Crippen LogP contribution in [0.3, 0.4) is 0 Å². The van der Waals surface area contributed by atoms with E-state index in [0.717, 1.165) is 31.7 Å². The molecule has 1 N–H and O–H groups in total. The summed E-state index contributed by atoms with van der Waals surface area (Å²) in [6.45, 7) is 6.67. The molecule has 0 amide bonds. The van der Waals surface area contributed by atoms with E-state index in [0.29, 0.717) is 6.10 Å². The predicted octanol–water partition coefficient (Wildman–Crippen LogP) is 2.27. The molecular formula is C15H30N2O. The molecule has 0 aromatic heterocycles. The summed E-state index contributed by atoms with van der Waals surface area (Å²) in [6, 6.07) is 0.783. The van der Waals surface area contributed by atoms with Crippen molar-refractivity contribution < 1.29 is 4.74 Å². The maximum absolute atomic E-state index is 5.70. The van der Waals surface area contributed by atoms with Crippen molar-refractivity contribution in [3.8, 4) is 0 Å². The van der Waals surface area contributed by atoms with Crippen LogP contribution >= 0.6 is 0 Å². The quantitative estimate of drug-likeness (QED) is 0.754. The third-order valence-electron chi connectivity index (χ3n) is 4.55. The van der Waals surface area contributed by atoms with Crippen LogP contribution in [-0.2, 0) is 4.74 Å². The molecule has 1 aliphatic heterocycles. The molecule has 3 atom stereocenters. The topological polar surface area (TPSA) is 24.5 Å². The monoisotopic (exact) mass is 254 g/mol. The van der Waals surface area contributed by atoms with E-state index in [2.05, 4.69) is 24.2 Å². The first-order valence-electron chi connectivity index (χ1n) is 7.83. The van der Waals surface area contributed by atoms with Gasteiger partial charge in [-0.3, -0.25) is 0 Å². The Labute approximate surface area is 112 Å². The number of nitrogens with zero attached hydrogens (tertiary/aromatic N) is 1. The highest BCUT2D eigenvalue weighted by Gasteiger charge is 2.26. The second kappa shape index (κ2) is 7.46. The van der Waals surface area contributed by atoms with Crippen LogP contribution in [0.4, 0.5) is 0 Å². The fourth-order valence-corrected chi connectivity index (χ4v) is 3.53. The zero-order valence-electron chi connectivity index (χ0n) is 12.2. The van der Waals surface area contributed by atoms with Gasteiger partial charge in [0.15, 0.2) is 0 Å². The second-order valence-electron chi connectivity index (χ2n) is 6.04. The summed E-state index contributed by atoms with van der Waals surface area (Å²) < 4.78 is 5.70. The molecular weight excluding hydrogens is 224 g/mol. The summed E-state index contributed by atoms with van der Waals surface area (Å²) in [5, 5.41) is 3.65. The lowest BCUT2D eigenvalue weighted by atomic mass is 9.99. The number of likely N-dealkylation sites (N-methyl/N-ethyl adjacent to an activating group) is 1. The summed E-state index contributed by atoms with van der Waals surface area (Å²) in [7, 11) is 2.25. The minimum absolute atomic E-state index is 0.503. The van der Waals surface area contributed by atoms with E-state index in [1.165, 1.54) is 45.1 Å². The van der Waals surface area contributed by atoms with E-state index in [1.807, 2.05) is 0 Å². The Balaban J connectivity index is 1.63. The molecule has 3 heteroatoms. The maximum atomic E-state index is 5.70. The van der Waals surface area contributed by atoms with Crippen LogP contribution in [0.2, 0.25) is 0 Å². The van der Waals surface area contributed by atoms with Crippen molar-refractivity contribution in [2.24, 2.45) is 5.92 Å². The van der Waals surface area contributed by atoms with Gasteiger partial charge in [0.1, 0.15) is 0 Å². The third-order valence-corrected chi connectivity index (χ3v) is 4.55. The molecule has 2 aliphatic rings. The molecule has 3 nitrogen and oxygen atoms in total. The molecule has 18 heavy (non-hydrogen) atoms. The van der Waals surface area contributed by atoms with Crippen LogP contribution in [0.15, 0.2) is 0 Å². The van der Waals surface area contributed by atoms with E-state index in [-0.39, 0.29) is 0 Å². The molecule has 3 unspecified atom stereocenters. The fourth-order valence-electron chi connectivity index (χ4n) is 3.53. The Morgan fingerprint density at radius 1 is 1.22 bits per heavy atom. The first-order chi connectivity index (χ1) is 8.79. The summed E-state index contributed by atoms with van der Waals surface area (Å²) >= 11 is 0. The van der Waals surface area contributed by atoms with E-state index in [1.54, 1.807) is 0 Å². The summed E-state index contributed by atoms with van der Waals surface area (Å²) in [4.78, 5) is 2.47. The van der Waals surface area contributed by atoms with Crippen molar-refractivity contribution in [3.05, 3.63) is 0 Å². The minimum Gasteiger partial charge on any atom is -0.377 e. The van der Waals surface area contributed by atoms with Crippen LogP contribution in [0, 0.1) is 5.92 Å². The zero-order chi connectivity index (χ0) is 12.8. The first kappa shape index (κ1) is 14.3. The van der Waals surface area contributed by atoms with Crippen LogP contribution in [0.25, 0.3) is 0 Å². The highest BCUT2D eigenvalue weighted by molar-refractivity contribution is 4.83. The van der Waals surface area contributed by atoms with Gasteiger partial charge < -0.3 is 15.0 Å². The predicted molar refractivity (Wildman–Crippen MR) is 75.9 cm³/mol. The van der Waals surface area contributed by atoms with E-state index < -0.39 is 0 Å². The molecule has 0 bridgehead atoms. The van der Waals surface area contributed by atoms with Gasteiger partial charge in [-0.15, -0.1) is 0 Å². The van der Waals surface area contributed by atoms with Gasteiger partial charge in [0.2, 0.25) is 0 Å². The summed E-state index contributed by atoms with van der Waals surface area (Å²) in [5.41, 5.74) is 0. The van der Waals surface area contributed by atoms with Crippen molar-refractivity contribution in [2.75, 3.05) is 33.3 Å². The molecule has 0 radical (unpaired) electrons. The largest absolute Gasteiger partial charge is 0.377 e. The Morgan fingerprint density at radius 3 is 2.83 bits per heavy atom. The van der Waals surface area contributed by atoms with E-state index in [9.17, 15) is 0 Å². The molecule has 0 spiro atoms. The van der Waals surface area contributed by atoms with Gasteiger partial charge in [-0.05, 0) is 58.2 Å². The second-order valence-corrected chi connectivity index (χ2v) is 6.04. The molecule has 2 fully saturated rings. The fraction of sp³-hybridized carbons (Fsp3) is 1.00. The lowest BCUT2D eigenvalue weighted by Gasteiger charge is -2.25. The molecule has 0 aromatic rings. The summed E-state index contributed by atoms with van der Waals surface area (Å²) in [5.74, 6) is 0.900. The average molecular weight is 254 g/mol. The number of rotatable bonds is 7. The van der Waals surface area contributed by atoms with Crippen molar-refractivity contribution in [2.45, 2.75) is 57.6 Å². The van der Waals surface area contributed by atoms with Crippen molar-refractivity contribution in [1.29, 1.82) is 0 Å². The van der Waals surface area contributed by atoms with Gasteiger partial charge in [0, 0.05) is 19.2 Å². The smallest absolute Gasteiger partial charge is 0.0702 e. The number of ether oxygens (including phenoxy) is 1.